The van der Waals surface area contributed by atoms with Crippen molar-refractivity contribution < 1.29 is 13.9 Å². The minimum Gasteiger partial charge on any atom is -0.466 e. The van der Waals surface area contributed by atoms with Crippen molar-refractivity contribution in [1.29, 1.82) is 0 Å². The van der Waals surface area contributed by atoms with Crippen LogP contribution in [0.5, 0.6) is 0 Å². The minimum atomic E-state index is -0.243. The summed E-state index contributed by atoms with van der Waals surface area (Å²) in [6, 6.07) is 6.32. The molecule has 3 heteroatoms. The molecule has 1 fully saturated rings. The third-order valence-corrected chi connectivity index (χ3v) is 2.68. The first kappa shape index (κ1) is 10.1. The van der Waals surface area contributed by atoms with Crippen LogP contribution in [-0.4, -0.2) is 12.6 Å². The fraction of sp³-hybridized carbons (Fsp3) is 0.417. The fourth-order valence-corrected chi connectivity index (χ4v) is 1.78. The molecule has 1 unspecified atom stereocenters. The van der Waals surface area contributed by atoms with E-state index in [4.69, 9.17) is 4.74 Å². The predicted molar refractivity (Wildman–Crippen MR) is 53.9 cm³/mol. The molecule has 2 atom stereocenters. The lowest BCUT2D eigenvalue weighted by Crippen LogP contribution is -2.07. The molecule has 0 spiro atoms. The third kappa shape index (κ3) is 2.17. The van der Waals surface area contributed by atoms with Crippen molar-refractivity contribution in [3.05, 3.63) is 35.6 Å². The Balaban J connectivity index is 1.98. The lowest BCUT2D eigenvalue weighted by molar-refractivity contribution is -0.144. The maximum absolute atomic E-state index is 12.7. The molecule has 0 bridgehead atoms. The Hall–Kier alpha value is -1.38. The predicted octanol–water partition coefficient (Wildman–Crippen LogP) is 2.49. The highest BCUT2D eigenvalue weighted by Crippen LogP contribution is 2.48. The van der Waals surface area contributed by atoms with Crippen LogP contribution in [0.1, 0.15) is 24.8 Å². The number of carbonyl (C=O) groups is 1. The second-order valence-corrected chi connectivity index (χ2v) is 3.75. The van der Waals surface area contributed by atoms with Gasteiger partial charge in [-0.1, -0.05) is 12.1 Å². The molecule has 1 aliphatic carbocycles. The zero-order chi connectivity index (χ0) is 10.8. The summed E-state index contributed by atoms with van der Waals surface area (Å²) in [6.45, 7) is 2.22. The molecule has 1 saturated carbocycles. The molecule has 0 amide bonds. The number of hydrogen-bond donors (Lipinski definition) is 0. The van der Waals surface area contributed by atoms with Gasteiger partial charge in [-0.05, 0) is 37.0 Å². The molecule has 2 rings (SSSR count). The zero-order valence-corrected chi connectivity index (χ0v) is 8.57. The van der Waals surface area contributed by atoms with Crippen LogP contribution in [0.2, 0.25) is 0 Å². The maximum atomic E-state index is 12.7. The summed E-state index contributed by atoms with van der Waals surface area (Å²) in [6.07, 6.45) is 0.824. The number of halogens is 1. The quantitative estimate of drug-likeness (QED) is 0.713. The summed E-state index contributed by atoms with van der Waals surface area (Å²) in [5, 5.41) is 0. The van der Waals surface area contributed by atoms with Gasteiger partial charge < -0.3 is 4.74 Å². The van der Waals surface area contributed by atoms with Crippen LogP contribution in [-0.2, 0) is 9.53 Å². The largest absolute Gasteiger partial charge is 0.466 e. The van der Waals surface area contributed by atoms with E-state index in [1.807, 2.05) is 0 Å². The van der Waals surface area contributed by atoms with Crippen molar-refractivity contribution in [1.82, 2.24) is 0 Å². The van der Waals surface area contributed by atoms with Crippen LogP contribution < -0.4 is 0 Å². The second kappa shape index (κ2) is 4.01. The average molecular weight is 208 g/mol. The number of esters is 1. The highest BCUT2D eigenvalue weighted by Gasteiger charge is 2.44. The topological polar surface area (TPSA) is 26.3 Å². The van der Waals surface area contributed by atoms with Gasteiger partial charge in [-0.15, -0.1) is 0 Å². The number of ether oxygens (including phenoxy) is 1. The smallest absolute Gasteiger partial charge is 0.309 e. The van der Waals surface area contributed by atoms with Gasteiger partial charge in [0.2, 0.25) is 0 Å². The summed E-state index contributed by atoms with van der Waals surface area (Å²) in [7, 11) is 0. The molecule has 1 aliphatic rings. The van der Waals surface area contributed by atoms with Gasteiger partial charge in [0.25, 0.3) is 0 Å². The second-order valence-electron chi connectivity index (χ2n) is 3.75. The first-order valence-electron chi connectivity index (χ1n) is 5.14. The van der Waals surface area contributed by atoms with Crippen molar-refractivity contribution in [2.75, 3.05) is 6.61 Å². The normalized spacial score (nSPS) is 23.6. The van der Waals surface area contributed by atoms with Crippen molar-refractivity contribution in [3.8, 4) is 0 Å². The van der Waals surface area contributed by atoms with E-state index >= 15 is 0 Å². The highest BCUT2D eigenvalue weighted by atomic mass is 19.1. The molecular weight excluding hydrogens is 195 g/mol. The standard InChI is InChI=1S/C12H13FO2/c1-2-15-12(14)11-7-10(11)8-3-5-9(13)6-4-8/h3-6,10-11H,2,7H2,1H3/t10?,11-/m1/s1. The zero-order valence-electron chi connectivity index (χ0n) is 8.57. The summed E-state index contributed by atoms with van der Waals surface area (Å²) >= 11 is 0. The molecule has 0 saturated heterocycles. The Morgan fingerprint density at radius 1 is 1.47 bits per heavy atom. The van der Waals surface area contributed by atoms with Crippen molar-refractivity contribution in [2.45, 2.75) is 19.3 Å². The molecule has 15 heavy (non-hydrogen) atoms. The minimum absolute atomic E-state index is 0.0181. The summed E-state index contributed by atoms with van der Waals surface area (Å²) in [5.74, 6) is -0.168. The van der Waals surface area contributed by atoms with E-state index in [1.165, 1.54) is 12.1 Å². The molecular formula is C12H13FO2. The van der Waals surface area contributed by atoms with Crippen LogP contribution in [0, 0.1) is 11.7 Å². The van der Waals surface area contributed by atoms with Gasteiger partial charge in [0, 0.05) is 0 Å². The molecule has 0 N–H and O–H groups in total. The molecule has 80 valence electrons. The van der Waals surface area contributed by atoms with Crippen molar-refractivity contribution in [3.63, 3.8) is 0 Å². The lowest BCUT2D eigenvalue weighted by Gasteiger charge is -2.01. The summed E-state index contributed by atoms with van der Waals surface area (Å²) < 4.78 is 17.6. The number of rotatable bonds is 3. The lowest BCUT2D eigenvalue weighted by atomic mass is 10.1. The van der Waals surface area contributed by atoms with Crippen molar-refractivity contribution >= 4 is 5.97 Å². The van der Waals surface area contributed by atoms with E-state index in [1.54, 1.807) is 19.1 Å². The Morgan fingerprint density at radius 2 is 2.13 bits per heavy atom. The van der Waals surface area contributed by atoms with Gasteiger partial charge in [-0.2, -0.15) is 0 Å². The average Bonchev–Trinajstić information content (AvgIpc) is 2.99. The Bertz CT molecular complexity index is 358. The van der Waals surface area contributed by atoms with Gasteiger partial charge in [-0.25, -0.2) is 4.39 Å². The molecule has 0 heterocycles. The monoisotopic (exact) mass is 208 g/mol. The fourth-order valence-electron chi connectivity index (χ4n) is 1.78. The Morgan fingerprint density at radius 3 is 2.73 bits per heavy atom. The first-order valence-corrected chi connectivity index (χ1v) is 5.14. The number of carbonyl (C=O) groups excluding carboxylic acids is 1. The van der Waals surface area contributed by atoms with Crippen LogP contribution >= 0.6 is 0 Å². The van der Waals surface area contributed by atoms with E-state index in [2.05, 4.69) is 0 Å². The van der Waals surface area contributed by atoms with Crippen LogP contribution in [0.15, 0.2) is 24.3 Å². The van der Waals surface area contributed by atoms with Gasteiger partial charge >= 0.3 is 5.97 Å². The third-order valence-electron chi connectivity index (χ3n) is 2.68. The highest BCUT2D eigenvalue weighted by molar-refractivity contribution is 5.77. The van der Waals surface area contributed by atoms with Gasteiger partial charge in [0.1, 0.15) is 5.82 Å². The molecule has 0 radical (unpaired) electrons. The Kier molecular flexibility index (Phi) is 2.71. The summed E-state index contributed by atoms with van der Waals surface area (Å²) in [5.41, 5.74) is 1.02. The molecule has 2 nitrogen and oxygen atoms in total. The van der Waals surface area contributed by atoms with E-state index < -0.39 is 0 Å². The van der Waals surface area contributed by atoms with Crippen LogP contribution in [0.4, 0.5) is 4.39 Å². The molecule has 1 aromatic carbocycles. The van der Waals surface area contributed by atoms with Crippen LogP contribution in [0.3, 0.4) is 0 Å². The van der Waals surface area contributed by atoms with Crippen LogP contribution in [0.25, 0.3) is 0 Å². The van der Waals surface area contributed by atoms with E-state index in [0.717, 1.165) is 12.0 Å². The van der Waals surface area contributed by atoms with Gasteiger partial charge in [0.05, 0.1) is 12.5 Å². The van der Waals surface area contributed by atoms with Gasteiger partial charge in [0.15, 0.2) is 0 Å². The maximum Gasteiger partial charge on any atom is 0.309 e. The SMILES string of the molecule is CCOC(=O)[C@@H]1CC1c1ccc(F)cc1. The Labute approximate surface area is 88.1 Å². The summed E-state index contributed by atoms with van der Waals surface area (Å²) in [4.78, 5) is 11.4. The van der Waals surface area contributed by atoms with Gasteiger partial charge in [-0.3, -0.25) is 4.79 Å². The van der Waals surface area contributed by atoms with E-state index in [-0.39, 0.29) is 23.6 Å². The molecule has 0 aromatic heterocycles. The van der Waals surface area contributed by atoms with E-state index in [0.29, 0.717) is 6.61 Å². The van der Waals surface area contributed by atoms with E-state index in [9.17, 15) is 9.18 Å². The first-order chi connectivity index (χ1) is 7.22. The number of benzene rings is 1. The molecule has 0 aliphatic heterocycles. The van der Waals surface area contributed by atoms with Crippen molar-refractivity contribution in [2.24, 2.45) is 5.92 Å². The molecule has 1 aromatic rings. The number of hydrogen-bond acceptors (Lipinski definition) is 2.